The first-order valence-corrected chi connectivity index (χ1v) is 7.52. The average molecular weight is 331 g/mol. The molecule has 0 radical (unpaired) electrons. The molecule has 0 saturated carbocycles. The van der Waals surface area contributed by atoms with Gasteiger partial charge in [0.25, 0.3) is 5.91 Å². The number of carbonyl (C=O) groups is 3. The Morgan fingerprint density at radius 3 is 2.96 bits per heavy atom. The van der Waals surface area contributed by atoms with Gasteiger partial charge in [-0.1, -0.05) is 0 Å². The van der Waals surface area contributed by atoms with Gasteiger partial charge in [-0.3, -0.25) is 19.2 Å². The van der Waals surface area contributed by atoms with E-state index in [1.54, 1.807) is 35.3 Å². The maximum absolute atomic E-state index is 12.2. The summed E-state index contributed by atoms with van der Waals surface area (Å²) < 4.78 is 6.82. The molecule has 4 amide bonds. The van der Waals surface area contributed by atoms with Gasteiger partial charge in [-0.05, 0) is 18.2 Å². The van der Waals surface area contributed by atoms with E-state index in [9.17, 15) is 14.4 Å². The second kappa shape index (κ2) is 6.99. The van der Waals surface area contributed by atoms with Crippen LogP contribution < -0.4 is 10.6 Å². The van der Waals surface area contributed by atoms with Gasteiger partial charge in [-0.15, -0.1) is 0 Å². The fraction of sp³-hybridized carbons (Fsp3) is 0.333. The largest absolute Gasteiger partial charge is 0.467 e. The van der Waals surface area contributed by atoms with Crippen molar-refractivity contribution >= 4 is 17.8 Å². The van der Waals surface area contributed by atoms with Gasteiger partial charge in [-0.25, -0.2) is 4.79 Å². The van der Waals surface area contributed by atoms with E-state index in [0.717, 1.165) is 4.90 Å². The van der Waals surface area contributed by atoms with Crippen LogP contribution in [0, 0.1) is 0 Å². The Morgan fingerprint density at radius 2 is 2.25 bits per heavy atom. The van der Waals surface area contributed by atoms with Crippen LogP contribution >= 0.6 is 0 Å². The molecule has 0 bridgehead atoms. The molecule has 9 nitrogen and oxygen atoms in total. The number of imide groups is 1. The van der Waals surface area contributed by atoms with E-state index in [1.807, 2.05) is 0 Å². The minimum atomic E-state index is -0.850. The summed E-state index contributed by atoms with van der Waals surface area (Å²) in [6.45, 7) is 0.981. The minimum absolute atomic E-state index is 0.0507. The second-order valence-electron chi connectivity index (χ2n) is 5.33. The lowest BCUT2D eigenvalue weighted by Crippen LogP contribution is -2.37. The summed E-state index contributed by atoms with van der Waals surface area (Å²) in [6, 6.07) is 3.78. The molecule has 2 aromatic rings. The zero-order valence-corrected chi connectivity index (χ0v) is 12.8. The van der Waals surface area contributed by atoms with E-state index in [1.165, 1.54) is 6.26 Å². The van der Waals surface area contributed by atoms with E-state index in [2.05, 4.69) is 15.7 Å². The van der Waals surface area contributed by atoms with Gasteiger partial charge in [0.2, 0.25) is 5.91 Å². The summed E-state index contributed by atoms with van der Waals surface area (Å²) in [5, 5.41) is 9.24. The fourth-order valence-electron chi connectivity index (χ4n) is 2.42. The van der Waals surface area contributed by atoms with Crippen molar-refractivity contribution in [3.8, 4) is 0 Å². The van der Waals surface area contributed by atoms with Crippen molar-refractivity contribution in [3.63, 3.8) is 0 Å². The van der Waals surface area contributed by atoms with Crippen LogP contribution in [0.2, 0.25) is 0 Å². The highest BCUT2D eigenvalue weighted by molar-refractivity contribution is 6.05. The lowest BCUT2D eigenvalue weighted by Gasteiger charge is -2.11. The zero-order valence-electron chi connectivity index (χ0n) is 12.8. The SMILES string of the molecule is O=C(C[C@H]1NC(=O)N(Cc2ccco2)C1=O)NCCn1cccn1. The summed E-state index contributed by atoms with van der Waals surface area (Å²) in [6.07, 6.45) is 4.82. The molecule has 1 aliphatic rings. The second-order valence-corrected chi connectivity index (χ2v) is 5.33. The van der Waals surface area contributed by atoms with E-state index >= 15 is 0 Å². The molecule has 3 heterocycles. The Bertz CT molecular complexity index is 710. The topological polar surface area (TPSA) is 109 Å². The van der Waals surface area contributed by atoms with Crippen molar-refractivity contribution in [1.82, 2.24) is 25.3 Å². The first kappa shape index (κ1) is 15.8. The van der Waals surface area contributed by atoms with E-state index in [4.69, 9.17) is 4.42 Å². The number of rotatable bonds is 7. The predicted octanol–water partition coefficient (Wildman–Crippen LogP) is 0.103. The molecule has 2 N–H and O–H groups in total. The molecule has 0 unspecified atom stereocenters. The van der Waals surface area contributed by atoms with Crippen molar-refractivity contribution < 1.29 is 18.8 Å². The molecule has 1 saturated heterocycles. The zero-order chi connectivity index (χ0) is 16.9. The molecule has 1 atom stereocenters. The molecule has 0 aliphatic carbocycles. The third kappa shape index (κ3) is 3.62. The van der Waals surface area contributed by atoms with Crippen molar-refractivity contribution in [2.75, 3.05) is 6.54 Å². The molecule has 2 aromatic heterocycles. The minimum Gasteiger partial charge on any atom is -0.467 e. The summed E-state index contributed by atoms with van der Waals surface area (Å²) in [5.41, 5.74) is 0. The summed E-state index contributed by atoms with van der Waals surface area (Å²) >= 11 is 0. The van der Waals surface area contributed by atoms with Crippen molar-refractivity contribution in [2.24, 2.45) is 0 Å². The Hall–Kier alpha value is -3.10. The van der Waals surface area contributed by atoms with Gasteiger partial charge in [0.1, 0.15) is 11.8 Å². The first-order chi connectivity index (χ1) is 11.6. The van der Waals surface area contributed by atoms with Crippen LogP contribution in [0.5, 0.6) is 0 Å². The fourth-order valence-corrected chi connectivity index (χ4v) is 2.42. The number of nitrogens with one attached hydrogen (secondary N) is 2. The quantitative estimate of drug-likeness (QED) is 0.700. The highest BCUT2D eigenvalue weighted by atomic mass is 16.3. The van der Waals surface area contributed by atoms with Gasteiger partial charge in [-0.2, -0.15) is 5.10 Å². The van der Waals surface area contributed by atoms with E-state index < -0.39 is 18.0 Å². The number of nitrogens with zero attached hydrogens (tertiary/aromatic N) is 3. The summed E-state index contributed by atoms with van der Waals surface area (Å²) in [7, 11) is 0. The molecule has 0 spiro atoms. The predicted molar refractivity (Wildman–Crippen MR) is 81.4 cm³/mol. The number of furan rings is 1. The third-order valence-corrected chi connectivity index (χ3v) is 3.61. The molecule has 1 aliphatic heterocycles. The lowest BCUT2D eigenvalue weighted by atomic mass is 10.2. The molecular weight excluding hydrogens is 314 g/mol. The summed E-state index contributed by atoms with van der Waals surface area (Å²) in [4.78, 5) is 37.1. The Balaban J connectivity index is 1.47. The lowest BCUT2D eigenvalue weighted by molar-refractivity contribution is -0.131. The van der Waals surface area contributed by atoms with E-state index in [-0.39, 0.29) is 18.9 Å². The number of amides is 4. The van der Waals surface area contributed by atoms with Crippen LogP contribution in [0.15, 0.2) is 41.3 Å². The van der Waals surface area contributed by atoms with Crippen LogP contribution in [0.4, 0.5) is 4.79 Å². The standard InChI is InChI=1S/C15H17N5O4/c21-13(16-5-7-19-6-2-4-17-19)9-12-14(22)20(15(23)18-12)10-11-3-1-8-24-11/h1-4,6,8,12H,5,7,9-10H2,(H,16,21)(H,18,23)/t12-/m1/s1. The van der Waals surface area contributed by atoms with Crippen LogP contribution in [0.1, 0.15) is 12.2 Å². The number of hydrogen-bond donors (Lipinski definition) is 2. The molecule has 0 aromatic carbocycles. The molecule has 3 rings (SSSR count). The smallest absolute Gasteiger partial charge is 0.325 e. The van der Waals surface area contributed by atoms with Gasteiger partial charge in [0, 0.05) is 18.9 Å². The molecule has 24 heavy (non-hydrogen) atoms. The number of urea groups is 1. The van der Waals surface area contributed by atoms with Crippen LogP contribution in [0.25, 0.3) is 0 Å². The van der Waals surface area contributed by atoms with Gasteiger partial charge >= 0.3 is 6.03 Å². The maximum atomic E-state index is 12.2. The van der Waals surface area contributed by atoms with Crippen molar-refractivity contribution in [3.05, 3.63) is 42.6 Å². The highest BCUT2D eigenvalue weighted by Crippen LogP contribution is 2.14. The van der Waals surface area contributed by atoms with Crippen molar-refractivity contribution in [1.29, 1.82) is 0 Å². The van der Waals surface area contributed by atoms with Crippen LogP contribution in [-0.4, -0.2) is 45.1 Å². The van der Waals surface area contributed by atoms with Crippen molar-refractivity contribution in [2.45, 2.75) is 25.6 Å². The molecule has 126 valence electrons. The summed E-state index contributed by atoms with van der Waals surface area (Å²) in [5.74, 6) is -0.234. The normalized spacial score (nSPS) is 17.2. The van der Waals surface area contributed by atoms with Gasteiger partial charge < -0.3 is 15.1 Å². The Kier molecular flexibility index (Phi) is 4.59. The Morgan fingerprint density at radius 1 is 1.38 bits per heavy atom. The average Bonchev–Trinajstić information content (AvgIpc) is 3.28. The Labute approximate surface area is 137 Å². The number of carbonyl (C=O) groups excluding carboxylic acids is 3. The molecule has 9 heteroatoms. The third-order valence-electron chi connectivity index (χ3n) is 3.61. The first-order valence-electron chi connectivity index (χ1n) is 7.52. The molecule has 1 fully saturated rings. The monoisotopic (exact) mass is 331 g/mol. The number of hydrogen-bond acceptors (Lipinski definition) is 5. The van der Waals surface area contributed by atoms with Crippen LogP contribution in [-0.2, 0) is 22.7 Å². The van der Waals surface area contributed by atoms with E-state index in [0.29, 0.717) is 18.8 Å². The van der Waals surface area contributed by atoms with Crippen LogP contribution in [0.3, 0.4) is 0 Å². The highest BCUT2D eigenvalue weighted by Gasteiger charge is 2.39. The molecular formula is C15H17N5O4. The maximum Gasteiger partial charge on any atom is 0.325 e. The van der Waals surface area contributed by atoms with Gasteiger partial charge in [0.05, 0.1) is 25.8 Å². The van der Waals surface area contributed by atoms with Gasteiger partial charge in [0.15, 0.2) is 0 Å². The number of aromatic nitrogens is 2.